The Morgan fingerprint density at radius 1 is 0.439 bits per heavy atom. The SMILES string of the molecule is Cc1cc2c3c(c1)N(c1ccc(-c4cccc([Si](c5ccccc5)(c5ccccc5)c5ccccc5)c4)cc1)c1c(sc4cc5c(cc14)C(C)(C)CCC5(C)C)B3c1cc3c(cc1N2c1ccc(C(C)(C)C)cc1)C(C)(C)CCC3(C)C. The van der Waals surface area contributed by atoms with Crippen molar-refractivity contribution in [2.24, 2.45) is 0 Å². The molecule has 0 saturated heterocycles. The fourth-order valence-corrected chi connectivity index (χ4v) is 21.3. The Balaban J connectivity index is 1.00. The van der Waals surface area contributed by atoms with Crippen molar-refractivity contribution < 1.29 is 0 Å². The number of thiophene rings is 1. The molecule has 3 heterocycles. The van der Waals surface area contributed by atoms with Gasteiger partial charge in [0, 0.05) is 43.3 Å². The van der Waals surface area contributed by atoms with Crippen LogP contribution in [-0.2, 0) is 27.1 Å². The van der Waals surface area contributed by atoms with Gasteiger partial charge >= 0.3 is 0 Å². The summed E-state index contributed by atoms with van der Waals surface area (Å²) in [6, 6.07) is 78.2. The number of hydrogen-bond donors (Lipinski definition) is 0. The Hall–Kier alpha value is -7.18. The summed E-state index contributed by atoms with van der Waals surface area (Å²) in [5.41, 5.74) is 21.9. The Labute approximate surface area is 494 Å². The van der Waals surface area contributed by atoms with Crippen molar-refractivity contribution in [2.75, 3.05) is 9.80 Å². The van der Waals surface area contributed by atoms with Crippen LogP contribution in [0.2, 0.25) is 0 Å². The van der Waals surface area contributed by atoms with Crippen LogP contribution < -0.4 is 46.2 Å². The molecule has 0 fully saturated rings. The Bertz CT molecular complexity index is 4050. The van der Waals surface area contributed by atoms with E-state index in [2.05, 4.69) is 304 Å². The first-order chi connectivity index (χ1) is 39.2. The average Bonchev–Trinajstić information content (AvgIpc) is 1.48. The lowest BCUT2D eigenvalue weighted by Gasteiger charge is -2.47. The molecule has 5 heteroatoms. The van der Waals surface area contributed by atoms with Crippen LogP contribution in [0.3, 0.4) is 0 Å². The van der Waals surface area contributed by atoms with Gasteiger partial charge in [-0.25, -0.2) is 0 Å². The van der Waals surface area contributed by atoms with E-state index in [0.717, 1.165) is 0 Å². The number of aryl methyl sites for hydroxylation is 1. The minimum Gasteiger partial charge on any atom is -0.311 e. The van der Waals surface area contributed by atoms with Crippen LogP contribution in [-0.4, -0.2) is 14.8 Å². The molecule has 0 atom stereocenters. The lowest BCUT2D eigenvalue weighted by Crippen LogP contribution is -2.74. The maximum atomic E-state index is 2.70. The molecule has 4 aliphatic rings. The molecule has 0 N–H and O–H groups in total. The van der Waals surface area contributed by atoms with E-state index < -0.39 is 8.07 Å². The largest absolute Gasteiger partial charge is 0.311 e. The molecule has 2 aliphatic heterocycles. The molecule has 0 bridgehead atoms. The third-order valence-corrected chi connectivity index (χ3v) is 26.1. The van der Waals surface area contributed by atoms with E-state index >= 15 is 0 Å². The second kappa shape index (κ2) is 18.7. The number of fused-ring (bicyclic) bond motifs is 8. The van der Waals surface area contributed by atoms with Crippen LogP contribution >= 0.6 is 11.3 Å². The first kappa shape index (κ1) is 52.9. The summed E-state index contributed by atoms with van der Waals surface area (Å²) >= 11 is 2.06. The summed E-state index contributed by atoms with van der Waals surface area (Å²) < 4.78 is 2.84. The molecule has 0 saturated carbocycles. The van der Waals surface area contributed by atoms with Gasteiger partial charge in [-0.2, -0.15) is 0 Å². The predicted molar refractivity (Wildman–Crippen MR) is 359 cm³/mol. The first-order valence-corrected chi connectivity index (χ1v) is 33.0. The van der Waals surface area contributed by atoms with Crippen LogP contribution in [0.4, 0.5) is 34.1 Å². The number of nitrogens with zero attached hydrogens (tertiary/aromatic N) is 2. The van der Waals surface area contributed by atoms with Gasteiger partial charge in [0.1, 0.15) is 0 Å². The Kier molecular flexibility index (Phi) is 12.0. The molecule has 0 unspecified atom stereocenters. The lowest BCUT2D eigenvalue weighted by molar-refractivity contribution is 0.332. The zero-order valence-electron chi connectivity index (χ0n) is 50.3. The Morgan fingerprint density at radius 2 is 0.902 bits per heavy atom. The minimum absolute atomic E-state index is 0.0412. The quantitative estimate of drug-likeness (QED) is 0.116. The van der Waals surface area contributed by atoms with Gasteiger partial charge in [0.05, 0.1) is 5.69 Å². The highest BCUT2D eigenvalue weighted by Crippen LogP contribution is 2.54. The van der Waals surface area contributed by atoms with E-state index in [1.54, 1.807) is 0 Å². The van der Waals surface area contributed by atoms with Gasteiger partial charge in [-0.05, 0) is 190 Å². The predicted octanol–water partition coefficient (Wildman–Crippen LogP) is 16.3. The van der Waals surface area contributed by atoms with E-state index in [0.29, 0.717) is 0 Å². The third-order valence-electron chi connectivity index (χ3n) is 20.1. The maximum Gasteiger partial charge on any atom is 0.264 e. The standard InChI is InChI=1S/C77H77BN2SSi/c1-50-43-67-70-68(44-50)80(55-35-31-51(32-36-55)52-23-22-30-59(45-52)82(56-24-16-13-17-25-56,57-26-18-14-19-27-57)58-28-20-15-21-29-58)71-60-46-61-64(77(11,12)42-39-74(61,5)6)49-69(60)81-72(71)78(70)65-47-62-63(76(9,10)41-40-75(62,7)8)48-66(65)79(67)54-37-33-53(34-38-54)73(2,3)4/h13-38,43-49H,39-42H2,1-12H3. The fourth-order valence-electron chi connectivity index (χ4n) is 15.2. The molecule has 14 rings (SSSR count). The highest BCUT2D eigenvalue weighted by Gasteiger charge is 2.49. The average molecular weight is 1100 g/mol. The van der Waals surface area contributed by atoms with E-state index in [4.69, 9.17) is 0 Å². The monoisotopic (exact) mass is 1100 g/mol. The van der Waals surface area contributed by atoms with Crippen LogP contribution in [0.25, 0.3) is 21.2 Å². The highest BCUT2D eigenvalue weighted by molar-refractivity contribution is 7.33. The van der Waals surface area contributed by atoms with E-state index in [1.165, 1.54) is 151 Å². The summed E-state index contributed by atoms with van der Waals surface area (Å²) in [4.78, 5) is 5.35. The summed E-state index contributed by atoms with van der Waals surface area (Å²) in [5.74, 6) is 0. The van der Waals surface area contributed by atoms with Crippen LogP contribution in [0, 0.1) is 6.92 Å². The van der Waals surface area contributed by atoms with Crippen molar-refractivity contribution in [3.63, 3.8) is 0 Å². The molecule has 82 heavy (non-hydrogen) atoms. The van der Waals surface area contributed by atoms with Gasteiger partial charge in [-0.3, -0.25) is 0 Å². The van der Waals surface area contributed by atoms with E-state index in [9.17, 15) is 0 Å². The summed E-state index contributed by atoms with van der Waals surface area (Å²) in [5, 5.41) is 6.90. The number of hydrogen-bond acceptors (Lipinski definition) is 3. The van der Waals surface area contributed by atoms with Crippen LogP contribution in [0.5, 0.6) is 0 Å². The van der Waals surface area contributed by atoms with Gasteiger partial charge in [-0.1, -0.05) is 222 Å². The summed E-state index contributed by atoms with van der Waals surface area (Å²) in [6.45, 7) is 29.2. The smallest absolute Gasteiger partial charge is 0.264 e. The molecule has 0 spiro atoms. The Morgan fingerprint density at radius 3 is 1.44 bits per heavy atom. The number of benzene rings is 9. The molecule has 0 radical (unpaired) electrons. The van der Waals surface area contributed by atoms with E-state index in [1.807, 2.05) is 0 Å². The number of anilines is 6. The minimum atomic E-state index is -2.75. The molecular weight excluding hydrogens is 1020 g/mol. The zero-order valence-corrected chi connectivity index (χ0v) is 52.1. The van der Waals surface area contributed by atoms with Gasteiger partial charge in [0.15, 0.2) is 8.07 Å². The molecule has 10 aromatic rings. The molecule has 2 nitrogen and oxygen atoms in total. The topological polar surface area (TPSA) is 6.48 Å². The summed E-state index contributed by atoms with van der Waals surface area (Å²) in [7, 11) is -2.75. The van der Waals surface area contributed by atoms with Crippen LogP contribution in [0.15, 0.2) is 200 Å². The molecular formula is C77H77BN2SSi. The van der Waals surface area contributed by atoms with Crippen molar-refractivity contribution in [2.45, 2.75) is 136 Å². The van der Waals surface area contributed by atoms with Gasteiger partial charge in [0.25, 0.3) is 6.71 Å². The molecule has 1 aromatic heterocycles. The first-order valence-electron chi connectivity index (χ1n) is 30.2. The van der Waals surface area contributed by atoms with Crippen molar-refractivity contribution in [1.82, 2.24) is 0 Å². The highest BCUT2D eigenvalue weighted by atomic mass is 32.1. The van der Waals surface area contributed by atoms with Crippen LogP contribution in [0.1, 0.15) is 135 Å². The van der Waals surface area contributed by atoms with Crippen molar-refractivity contribution >= 4 is 107 Å². The lowest BCUT2D eigenvalue weighted by atomic mass is 9.35. The fraction of sp³-hybridized carbons (Fsp3) is 0.273. The van der Waals surface area contributed by atoms with Gasteiger partial charge in [-0.15, -0.1) is 11.3 Å². The normalized spacial score (nSPS) is 17.1. The van der Waals surface area contributed by atoms with Crippen molar-refractivity contribution in [3.8, 4) is 11.1 Å². The maximum absolute atomic E-state index is 2.75. The van der Waals surface area contributed by atoms with Crippen molar-refractivity contribution in [3.05, 3.63) is 234 Å². The van der Waals surface area contributed by atoms with Gasteiger partial charge < -0.3 is 9.80 Å². The second-order valence-corrected chi connectivity index (χ2v) is 33.2. The van der Waals surface area contributed by atoms with Gasteiger partial charge in [0.2, 0.25) is 0 Å². The molecule has 9 aromatic carbocycles. The second-order valence-electron chi connectivity index (χ2n) is 28.3. The molecule has 2 aliphatic carbocycles. The molecule has 0 amide bonds. The molecule has 408 valence electrons. The summed E-state index contributed by atoms with van der Waals surface area (Å²) in [6.07, 6.45) is 4.70. The number of rotatable bonds is 7. The zero-order chi connectivity index (χ0) is 56.9. The third kappa shape index (κ3) is 8.14. The van der Waals surface area contributed by atoms with E-state index in [-0.39, 0.29) is 33.8 Å². The van der Waals surface area contributed by atoms with Crippen molar-refractivity contribution in [1.29, 1.82) is 0 Å².